The van der Waals surface area contributed by atoms with E-state index < -0.39 is 17.2 Å². The Hall–Kier alpha value is -2.97. The van der Waals surface area contributed by atoms with Gasteiger partial charge in [0.15, 0.2) is 0 Å². The Balaban J connectivity index is 1.86. The summed E-state index contributed by atoms with van der Waals surface area (Å²) in [6.45, 7) is 3.48. The van der Waals surface area contributed by atoms with Crippen LogP contribution in [0.25, 0.3) is 0 Å². The molecule has 0 radical (unpaired) electrons. The van der Waals surface area contributed by atoms with Crippen molar-refractivity contribution in [2.75, 3.05) is 34.0 Å². The van der Waals surface area contributed by atoms with Crippen LogP contribution in [0.3, 0.4) is 0 Å². The summed E-state index contributed by atoms with van der Waals surface area (Å²) in [5, 5.41) is 5.85. The minimum absolute atomic E-state index is 0.0465. The molecule has 2 N–H and O–H groups in total. The van der Waals surface area contributed by atoms with Crippen LogP contribution in [-0.4, -0.2) is 56.4 Å². The normalized spacial score (nSPS) is 15.5. The van der Waals surface area contributed by atoms with Crippen molar-refractivity contribution in [1.29, 1.82) is 0 Å². The number of ether oxygens (including phenoxy) is 2. The summed E-state index contributed by atoms with van der Waals surface area (Å²) in [6, 6.07) is 9.99. The number of carbonyl (C=O) groups is 2. The maximum absolute atomic E-state index is 13.3. The first-order chi connectivity index (χ1) is 16.9. The second-order valence-electron chi connectivity index (χ2n) is 9.22. The summed E-state index contributed by atoms with van der Waals surface area (Å²) in [5.74, 6) is -0.988. The van der Waals surface area contributed by atoms with Gasteiger partial charge in [0.25, 0.3) is 11.8 Å². The highest BCUT2D eigenvalue weighted by molar-refractivity contribution is 5.99. The number of nitrogens with one attached hydrogen (secondary N) is 2. The first kappa shape index (κ1) is 26.6. The average molecular weight is 484 g/mol. The highest BCUT2D eigenvalue weighted by atomic mass is 16.5. The van der Waals surface area contributed by atoms with Gasteiger partial charge in [-0.25, -0.2) is 0 Å². The topological polar surface area (TPSA) is 98.7 Å². The predicted molar refractivity (Wildman–Crippen MR) is 135 cm³/mol. The van der Waals surface area contributed by atoms with Gasteiger partial charge in [0.05, 0.1) is 19.3 Å². The number of nitrogens with zero attached hydrogens (tertiary/aromatic N) is 1. The van der Waals surface area contributed by atoms with Crippen molar-refractivity contribution >= 4 is 11.8 Å². The summed E-state index contributed by atoms with van der Waals surface area (Å²) in [5.41, 5.74) is 0.361. The number of rotatable bonds is 12. The minimum Gasteiger partial charge on any atom is -0.383 e. The molecule has 1 unspecified atom stereocenters. The second-order valence-corrected chi connectivity index (χ2v) is 9.22. The number of hydrogen-bond donors (Lipinski definition) is 2. The minimum atomic E-state index is -0.582. The number of methoxy groups -OCH3 is 2. The van der Waals surface area contributed by atoms with Crippen LogP contribution in [-0.2, 0) is 21.4 Å². The van der Waals surface area contributed by atoms with Gasteiger partial charge in [-0.3, -0.25) is 14.4 Å². The molecule has 2 amide bonds. The standard InChI is InChI=1S/C27H37N3O5/c1-4-21(18-35-3)29-26(33)23-17-30(14-15-34-2)16-22(24(23)31)25(32)28-19-27(12-8-9-13-27)20-10-6-5-7-11-20/h5-7,10-11,16-17,21H,4,8-9,12-15,18-19H2,1-3H3,(H,28,32)(H,29,33). The highest BCUT2D eigenvalue weighted by Gasteiger charge is 2.36. The first-order valence-corrected chi connectivity index (χ1v) is 12.3. The van der Waals surface area contributed by atoms with Gasteiger partial charge in [-0.05, 0) is 24.8 Å². The Morgan fingerprint density at radius 2 is 1.69 bits per heavy atom. The van der Waals surface area contributed by atoms with Gasteiger partial charge in [0.2, 0.25) is 5.43 Å². The van der Waals surface area contributed by atoms with E-state index in [0.717, 1.165) is 25.7 Å². The van der Waals surface area contributed by atoms with Gasteiger partial charge in [-0.1, -0.05) is 50.1 Å². The predicted octanol–water partition coefficient (Wildman–Crippen LogP) is 2.89. The molecule has 1 aliphatic rings. The van der Waals surface area contributed by atoms with E-state index in [1.54, 1.807) is 18.8 Å². The molecule has 1 saturated carbocycles. The molecular weight excluding hydrogens is 446 g/mol. The third kappa shape index (κ3) is 6.58. The number of benzene rings is 1. The van der Waals surface area contributed by atoms with E-state index in [4.69, 9.17) is 9.47 Å². The van der Waals surface area contributed by atoms with Crippen molar-refractivity contribution < 1.29 is 19.1 Å². The largest absolute Gasteiger partial charge is 0.383 e. The monoisotopic (exact) mass is 483 g/mol. The highest BCUT2D eigenvalue weighted by Crippen LogP contribution is 2.40. The Bertz CT molecular complexity index is 1040. The molecule has 3 rings (SSSR count). The van der Waals surface area contributed by atoms with Crippen LogP contribution >= 0.6 is 0 Å². The van der Waals surface area contributed by atoms with Crippen molar-refractivity contribution in [3.8, 4) is 0 Å². The van der Waals surface area contributed by atoms with Crippen LogP contribution in [0.1, 0.15) is 65.3 Å². The number of amides is 2. The fourth-order valence-electron chi connectivity index (χ4n) is 4.76. The fraction of sp³-hybridized carbons (Fsp3) is 0.519. The molecule has 1 heterocycles. The summed E-state index contributed by atoms with van der Waals surface area (Å²) >= 11 is 0. The van der Waals surface area contributed by atoms with E-state index in [2.05, 4.69) is 22.8 Å². The van der Waals surface area contributed by atoms with E-state index >= 15 is 0 Å². The van der Waals surface area contributed by atoms with Crippen LogP contribution in [0.4, 0.5) is 0 Å². The van der Waals surface area contributed by atoms with Crippen LogP contribution in [0.5, 0.6) is 0 Å². The van der Waals surface area contributed by atoms with Gasteiger partial charge >= 0.3 is 0 Å². The summed E-state index contributed by atoms with van der Waals surface area (Å²) in [6.07, 6.45) is 7.80. The Morgan fingerprint density at radius 3 is 2.29 bits per heavy atom. The van der Waals surface area contributed by atoms with Crippen LogP contribution in [0, 0.1) is 0 Å². The summed E-state index contributed by atoms with van der Waals surface area (Å²) < 4.78 is 12.0. The molecule has 0 saturated heterocycles. The molecular formula is C27H37N3O5. The van der Waals surface area contributed by atoms with Gasteiger partial charge in [-0.15, -0.1) is 0 Å². The van der Waals surface area contributed by atoms with E-state index in [1.807, 2.05) is 25.1 Å². The summed E-state index contributed by atoms with van der Waals surface area (Å²) in [7, 11) is 3.13. The van der Waals surface area contributed by atoms with Crippen molar-refractivity contribution in [1.82, 2.24) is 15.2 Å². The molecule has 1 aliphatic carbocycles. The van der Waals surface area contributed by atoms with Crippen LogP contribution in [0.2, 0.25) is 0 Å². The number of pyridine rings is 1. The Labute approximate surface area is 207 Å². The molecule has 1 fully saturated rings. The van der Waals surface area contributed by atoms with E-state index in [0.29, 0.717) is 32.7 Å². The van der Waals surface area contributed by atoms with Crippen molar-refractivity contribution in [3.05, 3.63) is 69.6 Å². The quantitative estimate of drug-likeness (QED) is 0.484. The average Bonchev–Trinajstić information content (AvgIpc) is 3.37. The van der Waals surface area contributed by atoms with Gasteiger partial charge in [0.1, 0.15) is 11.1 Å². The lowest BCUT2D eigenvalue weighted by Gasteiger charge is -2.30. The summed E-state index contributed by atoms with van der Waals surface area (Å²) in [4.78, 5) is 39.5. The fourth-order valence-corrected chi connectivity index (χ4v) is 4.76. The second kappa shape index (κ2) is 12.7. The number of carbonyl (C=O) groups excluding carboxylic acids is 2. The van der Waals surface area contributed by atoms with E-state index in [1.165, 1.54) is 18.0 Å². The molecule has 0 aliphatic heterocycles. The maximum Gasteiger partial charge on any atom is 0.257 e. The molecule has 8 heteroatoms. The molecule has 35 heavy (non-hydrogen) atoms. The zero-order valence-electron chi connectivity index (χ0n) is 21.0. The van der Waals surface area contributed by atoms with Crippen molar-refractivity contribution in [3.63, 3.8) is 0 Å². The molecule has 1 aromatic heterocycles. The molecule has 8 nitrogen and oxygen atoms in total. The zero-order chi connectivity index (χ0) is 25.3. The van der Waals surface area contributed by atoms with Gasteiger partial charge in [-0.2, -0.15) is 0 Å². The SMILES string of the molecule is CCC(COC)NC(=O)c1cn(CCOC)cc(C(=O)NCC2(c3ccccc3)CCCC2)c1=O. The smallest absolute Gasteiger partial charge is 0.257 e. The van der Waals surface area contributed by atoms with E-state index in [-0.39, 0.29) is 22.6 Å². The lowest BCUT2D eigenvalue weighted by Crippen LogP contribution is -2.43. The lowest BCUT2D eigenvalue weighted by molar-refractivity contribution is 0.0892. The molecule has 190 valence electrons. The Morgan fingerprint density at radius 1 is 1.03 bits per heavy atom. The Kier molecular flexibility index (Phi) is 9.63. The molecule has 0 spiro atoms. The maximum atomic E-state index is 13.3. The number of hydrogen-bond acceptors (Lipinski definition) is 5. The van der Waals surface area contributed by atoms with Crippen molar-refractivity contribution in [2.24, 2.45) is 0 Å². The zero-order valence-corrected chi connectivity index (χ0v) is 21.0. The first-order valence-electron chi connectivity index (χ1n) is 12.3. The van der Waals surface area contributed by atoms with Gasteiger partial charge in [0, 0.05) is 45.1 Å². The molecule has 1 aromatic carbocycles. The third-order valence-corrected chi connectivity index (χ3v) is 6.85. The van der Waals surface area contributed by atoms with Crippen LogP contribution in [0.15, 0.2) is 47.5 Å². The molecule has 1 atom stereocenters. The van der Waals surface area contributed by atoms with E-state index in [9.17, 15) is 14.4 Å². The molecule has 0 bridgehead atoms. The van der Waals surface area contributed by atoms with Gasteiger partial charge < -0.3 is 24.7 Å². The number of aromatic nitrogens is 1. The third-order valence-electron chi connectivity index (χ3n) is 6.85. The van der Waals surface area contributed by atoms with Crippen LogP contribution < -0.4 is 16.1 Å². The van der Waals surface area contributed by atoms with Crippen molar-refractivity contribution in [2.45, 2.75) is 57.0 Å². The molecule has 2 aromatic rings. The lowest BCUT2D eigenvalue weighted by atomic mass is 9.79.